The third-order valence-electron chi connectivity index (χ3n) is 5.68. The van der Waals surface area contributed by atoms with Crippen LogP contribution in [0.2, 0.25) is 0 Å². The SMILES string of the molecule is CC1(C)S[C@@H]2[C@@H](NC(=O)/C(=N\OC3CCCCC3)c3nsc(N)n3)C(=O)N2[C@H]1C(=O)O. The van der Waals surface area contributed by atoms with Crippen molar-refractivity contribution in [2.75, 3.05) is 5.73 Å². The van der Waals surface area contributed by atoms with Crippen molar-refractivity contribution in [3.63, 3.8) is 0 Å². The molecule has 0 spiro atoms. The van der Waals surface area contributed by atoms with E-state index < -0.39 is 40.0 Å². The molecule has 11 nitrogen and oxygen atoms in total. The van der Waals surface area contributed by atoms with Gasteiger partial charge in [-0.25, -0.2) is 4.79 Å². The first-order valence-corrected chi connectivity index (χ1v) is 11.7. The van der Waals surface area contributed by atoms with Gasteiger partial charge in [-0.2, -0.15) is 9.36 Å². The number of oxime groups is 1. The number of anilines is 1. The lowest BCUT2D eigenvalue weighted by Gasteiger charge is -2.43. The molecule has 0 radical (unpaired) electrons. The number of aromatic nitrogens is 2. The van der Waals surface area contributed by atoms with E-state index in [1.54, 1.807) is 13.8 Å². The Morgan fingerprint density at radius 2 is 2.03 bits per heavy atom. The summed E-state index contributed by atoms with van der Waals surface area (Å²) in [4.78, 5) is 48.3. The van der Waals surface area contributed by atoms with E-state index in [9.17, 15) is 19.5 Å². The second kappa shape index (κ2) is 8.26. The van der Waals surface area contributed by atoms with Gasteiger partial charge in [0.25, 0.3) is 5.91 Å². The average molecular weight is 469 g/mol. The van der Waals surface area contributed by atoms with Gasteiger partial charge in [-0.15, -0.1) is 11.8 Å². The summed E-state index contributed by atoms with van der Waals surface area (Å²) in [6, 6.07) is -1.82. The molecule has 0 aromatic carbocycles. The maximum atomic E-state index is 13.0. The molecule has 1 aromatic rings. The van der Waals surface area contributed by atoms with Crippen LogP contribution >= 0.6 is 23.3 Å². The summed E-state index contributed by atoms with van der Waals surface area (Å²) in [5, 5.41) is 15.9. The fourth-order valence-electron chi connectivity index (χ4n) is 4.17. The molecule has 2 saturated heterocycles. The van der Waals surface area contributed by atoms with Crippen molar-refractivity contribution < 1.29 is 24.3 Å². The van der Waals surface area contributed by atoms with E-state index in [0.717, 1.165) is 43.6 Å². The lowest BCUT2D eigenvalue weighted by Crippen LogP contribution is -2.71. The Balaban J connectivity index is 1.50. The number of carbonyl (C=O) groups excluding carboxylic acids is 2. The maximum absolute atomic E-state index is 13.0. The Bertz CT molecular complexity index is 928. The molecule has 2 aliphatic heterocycles. The topological polar surface area (TPSA) is 160 Å². The highest BCUT2D eigenvalue weighted by atomic mass is 32.2. The number of nitrogens with one attached hydrogen (secondary N) is 1. The zero-order valence-electron chi connectivity index (χ0n) is 17.1. The molecule has 1 saturated carbocycles. The monoisotopic (exact) mass is 468 g/mol. The molecular formula is C18H24N6O5S2. The number of aliphatic carboxylic acids is 1. The molecule has 0 bridgehead atoms. The lowest BCUT2D eigenvalue weighted by atomic mass is 9.96. The molecule has 3 heterocycles. The number of nitrogens with zero attached hydrogens (tertiary/aromatic N) is 4. The first-order chi connectivity index (χ1) is 14.7. The highest BCUT2D eigenvalue weighted by Gasteiger charge is 2.64. The molecule has 1 aromatic heterocycles. The van der Waals surface area contributed by atoms with Crippen LogP contribution in [0.1, 0.15) is 51.8 Å². The molecule has 168 valence electrons. The predicted octanol–water partition coefficient (Wildman–Crippen LogP) is 0.805. The molecule has 4 rings (SSSR count). The zero-order valence-corrected chi connectivity index (χ0v) is 18.7. The number of β-lactam (4-membered cyclic amide) rings is 1. The number of fused-ring (bicyclic) bond motifs is 1. The summed E-state index contributed by atoms with van der Waals surface area (Å²) in [6.45, 7) is 3.54. The lowest BCUT2D eigenvalue weighted by molar-refractivity contribution is -0.160. The van der Waals surface area contributed by atoms with Crippen molar-refractivity contribution in [1.29, 1.82) is 0 Å². The average Bonchev–Trinajstić information content (AvgIpc) is 3.25. The molecular weight excluding hydrogens is 444 g/mol. The van der Waals surface area contributed by atoms with Gasteiger partial charge in [-0.3, -0.25) is 9.59 Å². The molecule has 2 amide bonds. The Morgan fingerprint density at radius 3 is 2.65 bits per heavy atom. The molecule has 1 aliphatic carbocycles. The van der Waals surface area contributed by atoms with Gasteiger partial charge >= 0.3 is 5.97 Å². The number of nitrogen functional groups attached to an aromatic ring is 1. The van der Waals surface area contributed by atoms with Crippen molar-refractivity contribution in [3.05, 3.63) is 5.82 Å². The minimum atomic E-state index is -1.07. The minimum Gasteiger partial charge on any atom is -0.480 e. The summed E-state index contributed by atoms with van der Waals surface area (Å²) in [6.07, 6.45) is 4.84. The van der Waals surface area contributed by atoms with Crippen LogP contribution in [0.5, 0.6) is 0 Å². The highest BCUT2D eigenvalue weighted by molar-refractivity contribution is 8.01. The number of thioether (sulfide) groups is 1. The third-order valence-corrected chi connectivity index (χ3v) is 7.79. The number of nitrogens with two attached hydrogens (primary N) is 1. The van der Waals surface area contributed by atoms with E-state index in [4.69, 9.17) is 10.6 Å². The van der Waals surface area contributed by atoms with Gasteiger partial charge in [-0.05, 0) is 39.5 Å². The first kappa shape index (κ1) is 21.8. The Labute approximate surface area is 186 Å². The second-order valence-electron chi connectivity index (χ2n) is 8.31. The van der Waals surface area contributed by atoms with Gasteiger partial charge in [0.15, 0.2) is 5.13 Å². The smallest absolute Gasteiger partial charge is 0.327 e. The number of amides is 2. The predicted molar refractivity (Wildman–Crippen MR) is 114 cm³/mol. The van der Waals surface area contributed by atoms with E-state index in [-0.39, 0.29) is 22.8 Å². The van der Waals surface area contributed by atoms with Gasteiger partial charge in [0.05, 0.1) is 0 Å². The molecule has 31 heavy (non-hydrogen) atoms. The first-order valence-electron chi connectivity index (χ1n) is 10.1. The molecule has 13 heteroatoms. The molecule has 0 unspecified atom stereocenters. The van der Waals surface area contributed by atoms with Crippen molar-refractivity contribution in [3.8, 4) is 0 Å². The van der Waals surface area contributed by atoms with Gasteiger partial charge in [0, 0.05) is 16.3 Å². The summed E-state index contributed by atoms with van der Waals surface area (Å²) < 4.78 is 3.37. The van der Waals surface area contributed by atoms with Crippen LogP contribution in [-0.2, 0) is 19.2 Å². The summed E-state index contributed by atoms with van der Waals surface area (Å²) >= 11 is 2.27. The van der Waals surface area contributed by atoms with Crippen LogP contribution in [0.15, 0.2) is 5.16 Å². The summed E-state index contributed by atoms with van der Waals surface area (Å²) in [5.41, 5.74) is 5.51. The summed E-state index contributed by atoms with van der Waals surface area (Å²) in [7, 11) is 0. The van der Waals surface area contributed by atoms with Crippen LogP contribution in [0.4, 0.5) is 5.13 Å². The van der Waals surface area contributed by atoms with Gasteiger partial charge < -0.3 is 25.9 Å². The van der Waals surface area contributed by atoms with Gasteiger partial charge in [0.1, 0.15) is 23.6 Å². The molecule has 3 aliphatic rings. The van der Waals surface area contributed by atoms with Gasteiger partial charge in [-0.1, -0.05) is 11.6 Å². The number of rotatable bonds is 6. The number of hydrogen-bond donors (Lipinski definition) is 3. The van der Waals surface area contributed by atoms with Crippen LogP contribution in [0.3, 0.4) is 0 Å². The maximum Gasteiger partial charge on any atom is 0.327 e. The highest BCUT2D eigenvalue weighted by Crippen LogP contribution is 2.50. The van der Waals surface area contributed by atoms with Crippen molar-refractivity contribution in [2.24, 2.45) is 5.16 Å². The molecule has 3 fully saturated rings. The van der Waals surface area contributed by atoms with Crippen molar-refractivity contribution in [2.45, 2.75) is 74.3 Å². The summed E-state index contributed by atoms with van der Waals surface area (Å²) in [5.74, 6) is -2.14. The number of carboxylic acid groups (broad SMARTS) is 1. The van der Waals surface area contributed by atoms with Crippen LogP contribution in [0, 0.1) is 0 Å². The largest absolute Gasteiger partial charge is 0.480 e. The number of carboxylic acids is 1. The zero-order chi connectivity index (χ0) is 22.3. The van der Waals surface area contributed by atoms with Crippen LogP contribution in [0.25, 0.3) is 0 Å². The Morgan fingerprint density at radius 1 is 1.32 bits per heavy atom. The third kappa shape index (κ3) is 4.07. The van der Waals surface area contributed by atoms with Crippen molar-refractivity contribution >= 4 is 51.9 Å². The minimum absolute atomic E-state index is 0.0299. The fourth-order valence-corrected chi connectivity index (χ4v) is 6.23. The van der Waals surface area contributed by atoms with Crippen LogP contribution in [-0.4, -0.2) is 71.2 Å². The van der Waals surface area contributed by atoms with Crippen LogP contribution < -0.4 is 11.1 Å². The Hall–Kier alpha value is -2.41. The second-order valence-corrected chi connectivity index (χ2v) is 10.9. The number of hydrogen-bond acceptors (Lipinski definition) is 10. The Kier molecular flexibility index (Phi) is 5.81. The standard InChI is InChI=1S/C18H24N6O5S2/c1-18(2)11(16(27)28)24-14(26)10(15(24)30-18)20-13(25)9(12-21-17(19)31-23-12)22-29-8-6-4-3-5-7-8/h8,10-11,15H,3-7H2,1-2H3,(H,20,25)(H,27,28)(H2,19,21,23)/b22-9-/t10-,11-,15+/m0/s1. The molecule has 3 atom stereocenters. The van der Waals surface area contributed by atoms with E-state index in [2.05, 4.69) is 19.8 Å². The molecule has 4 N–H and O–H groups in total. The fraction of sp³-hybridized carbons (Fsp3) is 0.667. The van der Waals surface area contributed by atoms with E-state index in [1.807, 2.05) is 0 Å². The quantitative estimate of drug-likeness (QED) is 0.312. The normalized spacial score (nSPS) is 28.1. The van der Waals surface area contributed by atoms with Crippen molar-refractivity contribution in [1.82, 2.24) is 19.6 Å². The number of carbonyl (C=O) groups is 3. The van der Waals surface area contributed by atoms with E-state index in [0.29, 0.717) is 0 Å². The van der Waals surface area contributed by atoms with E-state index in [1.165, 1.54) is 16.7 Å². The van der Waals surface area contributed by atoms with Gasteiger partial charge in [0.2, 0.25) is 17.4 Å². The van der Waals surface area contributed by atoms with E-state index >= 15 is 0 Å².